The maximum absolute atomic E-state index is 13.0. The fourth-order valence-electron chi connectivity index (χ4n) is 3.05. The van der Waals surface area contributed by atoms with Crippen LogP contribution in [-0.4, -0.2) is 26.5 Å². The van der Waals surface area contributed by atoms with Crippen LogP contribution in [-0.2, 0) is 6.54 Å². The molecular formula is C20H15N3O6S. The van der Waals surface area contributed by atoms with Gasteiger partial charge < -0.3 is 14.8 Å². The number of para-hydroxylation sites is 1. The number of benzene rings is 1. The topological polar surface area (TPSA) is 134 Å². The first kappa shape index (κ1) is 19.4. The Labute approximate surface area is 172 Å². The second kappa shape index (κ2) is 7.48. The summed E-state index contributed by atoms with van der Waals surface area (Å²) in [7, 11) is 0. The molecule has 1 aromatic carbocycles. The largest absolute Gasteiger partial charge is 0.475 e. The highest BCUT2D eigenvalue weighted by atomic mass is 32.1. The molecule has 4 aromatic rings. The molecule has 0 saturated carbocycles. The van der Waals surface area contributed by atoms with Crippen LogP contribution in [0.3, 0.4) is 0 Å². The summed E-state index contributed by atoms with van der Waals surface area (Å²) in [6.45, 7) is 1.40. The fraction of sp³-hybridized carbons (Fsp3) is 0.100. The van der Waals surface area contributed by atoms with Crippen molar-refractivity contribution in [3.05, 3.63) is 85.3 Å². The molecule has 3 N–H and O–H groups in total. The van der Waals surface area contributed by atoms with Gasteiger partial charge in [-0.3, -0.25) is 19.1 Å². The molecule has 3 aromatic heterocycles. The molecule has 0 atom stereocenters. The molecule has 0 fully saturated rings. The van der Waals surface area contributed by atoms with Gasteiger partial charge in [0.15, 0.2) is 0 Å². The standard InChI is InChI=1S/C20H15N3O6S/c1-10-14-17(30-15(10)16(24)21-11-5-3-2-4-6-11)22-20(28)23(18(14)25)9-12-7-8-13(29-12)19(26)27/h2-8H,9H2,1H3,(H,21,24)(H,22,28)(H,26,27). The Hall–Kier alpha value is -3.92. The van der Waals surface area contributed by atoms with Crippen LogP contribution in [0.5, 0.6) is 0 Å². The van der Waals surface area contributed by atoms with E-state index in [1.165, 1.54) is 12.1 Å². The molecular weight excluding hydrogens is 410 g/mol. The monoisotopic (exact) mass is 425 g/mol. The molecule has 30 heavy (non-hydrogen) atoms. The number of fused-ring (bicyclic) bond motifs is 1. The molecule has 0 saturated heterocycles. The molecule has 152 valence electrons. The van der Waals surface area contributed by atoms with E-state index in [0.717, 1.165) is 15.9 Å². The predicted molar refractivity (Wildman–Crippen MR) is 111 cm³/mol. The number of H-pyrrole nitrogens is 1. The van der Waals surface area contributed by atoms with Crippen molar-refractivity contribution in [2.75, 3.05) is 5.32 Å². The number of carboxylic acids is 1. The number of thiophene rings is 1. The van der Waals surface area contributed by atoms with Crippen molar-refractivity contribution in [3.63, 3.8) is 0 Å². The van der Waals surface area contributed by atoms with Crippen molar-refractivity contribution in [2.45, 2.75) is 13.5 Å². The summed E-state index contributed by atoms with van der Waals surface area (Å²) in [6, 6.07) is 11.5. The average molecular weight is 425 g/mol. The Morgan fingerprint density at radius 2 is 1.90 bits per heavy atom. The molecule has 0 spiro atoms. The van der Waals surface area contributed by atoms with Crippen LogP contribution in [0, 0.1) is 6.92 Å². The number of aromatic carboxylic acids is 1. The Morgan fingerprint density at radius 3 is 2.57 bits per heavy atom. The second-order valence-corrected chi connectivity index (χ2v) is 7.49. The lowest BCUT2D eigenvalue weighted by atomic mass is 10.2. The Kier molecular flexibility index (Phi) is 4.84. The van der Waals surface area contributed by atoms with Gasteiger partial charge in [0.1, 0.15) is 10.6 Å². The van der Waals surface area contributed by atoms with Crippen molar-refractivity contribution in [1.82, 2.24) is 9.55 Å². The number of rotatable bonds is 5. The van der Waals surface area contributed by atoms with E-state index in [-0.39, 0.29) is 29.4 Å². The summed E-state index contributed by atoms with van der Waals surface area (Å²) in [5, 5.41) is 11.9. The van der Waals surface area contributed by atoms with E-state index in [4.69, 9.17) is 9.52 Å². The number of anilines is 1. The van der Waals surface area contributed by atoms with Crippen LogP contribution in [0.25, 0.3) is 10.2 Å². The van der Waals surface area contributed by atoms with E-state index in [1.54, 1.807) is 31.2 Å². The number of nitrogens with one attached hydrogen (secondary N) is 2. The molecule has 0 radical (unpaired) electrons. The number of carbonyl (C=O) groups excluding carboxylic acids is 1. The highest BCUT2D eigenvalue weighted by Gasteiger charge is 2.21. The highest BCUT2D eigenvalue weighted by Crippen LogP contribution is 2.27. The summed E-state index contributed by atoms with van der Waals surface area (Å²) in [5.41, 5.74) is -0.215. The van der Waals surface area contributed by atoms with Gasteiger partial charge in [-0.15, -0.1) is 11.3 Å². The molecule has 0 bridgehead atoms. The molecule has 0 unspecified atom stereocenters. The van der Waals surface area contributed by atoms with Crippen molar-refractivity contribution >= 4 is 39.1 Å². The normalized spacial score (nSPS) is 11.0. The lowest BCUT2D eigenvalue weighted by Crippen LogP contribution is -2.35. The number of hydrogen-bond acceptors (Lipinski definition) is 6. The third-order valence-corrected chi connectivity index (χ3v) is 5.70. The van der Waals surface area contributed by atoms with Crippen LogP contribution in [0.4, 0.5) is 5.69 Å². The lowest BCUT2D eigenvalue weighted by molar-refractivity contribution is 0.0660. The number of carboxylic acid groups (broad SMARTS) is 1. The van der Waals surface area contributed by atoms with Crippen LogP contribution in [0.1, 0.15) is 31.6 Å². The zero-order chi connectivity index (χ0) is 21.4. The molecule has 1 amide bonds. The minimum Gasteiger partial charge on any atom is -0.475 e. The third-order valence-electron chi connectivity index (χ3n) is 4.50. The number of aromatic amines is 1. The quantitative estimate of drug-likeness (QED) is 0.450. The molecule has 10 heteroatoms. The summed E-state index contributed by atoms with van der Waals surface area (Å²) < 4.78 is 6.05. The summed E-state index contributed by atoms with van der Waals surface area (Å²) in [6.07, 6.45) is 0. The first-order valence-electron chi connectivity index (χ1n) is 8.79. The highest BCUT2D eigenvalue weighted by molar-refractivity contribution is 7.20. The maximum atomic E-state index is 13.0. The number of furan rings is 1. The molecule has 4 rings (SSSR count). The lowest BCUT2D eigenvalue weighted by Gasteiger charge is -2.04. The first-order chi connectivity index (χ1) is 14.3. The smallest absolute Gasteiger partial charge is 0.371 e. The van der Waals surface area contributed by atoms with Gasteiger partial charge in [-0.1, -0.05) is 18.2 Å². The molecule has 9 nitrogen and oxygen atoms in total. The van der Waals surface area contributed by atoms with Gasteiger partial charge in [0.2, 0.25) is 5.76 Å². The molecule has 0 aliphatic heterocycles. The Bertz CT molecular complexity index is 1390. The number of aromatic nitrogens is 2. The SMILES string of the molecule is Cc1c(C(=O)Nc2ccccc2)sc2[nH]c(=O)n(Cc3ccc(C(=O)O)o3)c(=O)c12. The summed E-state index contributed by atoms with van der Waals surface area (Å²) >= 11 is 1.02. The minimum atomic E-state index is -1.25. The van der Waals surface area contributed by atoms with E-state index >= 15 is 0 Å². The third kappa shape index (κ3) is 3.44. The maximum Gasteiger partial charge on any atom is 0.371 e. The van der Waals surface area contributed by atoms with E-state index in [1.807, 2.05) is 6.07 Å². The van der Waals surface area contributed by atoms with Gasteiger partial charge in [0, 0.05) is 5.69 Å². The summed E-state index contributed by atoms with van der Waals surface area (Å²) in [5.74, 6) is -1.78. The Balaban J connectivity index is 1.73. The summed E-state index contributed by atoms with van der Waals surface area (Å²) in [4.78, 5) is 52.2. The molecule has 3 heterocycles. The molecule has 0 aliphatic carbocycles. The number of aryl methyl sites for hydroxylation is 1. The van der Waals surface area contributed by atoms with Gasteiger partial charge in [-0.2, -0.15) is 0 Å². The van der Waals surface area contributed by atoms with Crippen molar-refractivity contribution in [3.8, 4) is 0 Å². The van der Waals surface area contributed by atoms with E-state index in [2.05, 4.69) is 10.3 Å². The second-order valence-electron chi connectivity index (χ2n) is 6.47. The van der Waals surface area contributed by atoms with Crippen LogP contribution < -0.4 is 16.6 Å². The van der Waals surface area contributed by atoms with E-state index in [0.29, 0.717) is 21.0 Å². The van der Waals surface area contributed by atoms with E-state index < -0.39 is 17.2 Å². The van der Waals surface area contributed by atoms with Crippen LogP contribution >= 0.6 is 11.3 Å². The van der Waals surface area contributed by atoms with Gasteiger partial charge in [-0.25, -0.2) is 9.59 Å². The van der Waals surface area contributed by atoms with Crippen LogP contribution in [0.15, 0.2) is 56.5 Å². The van der Waals surface area contributed by atoms with Crippen molar-refractivity contribution in [2.24, 2.45) is 0 Å². The Morgan fingerprint density at radius 1 is 1.17 bits per heavy atom. The number of carbonyl (C=O) groups is 2. The zero-order valence-electron chi connectivity index (χ0n) is 15.6. The van der Waals surface area contributed by atoms with Gasteiger partial charge >= 0.3 is 11.7 Å². The van der Waals surface area contributed by atoms with Gasteiger partial charge in [0.05, 0.1) is 16.8 Å². The zero-order valence-corrected chi connectivity index (χ0v) is 16.4. The van der Waals surface area contributed by atoms with Crippen molar-refractivity contribution < 1.29 is 19.1 Å². The average Bonchev–Trinajstić information content (AvgIpc) is 3.31. The number of amides is 1. The van der Waals surface area contributed by atoms with Crippen molar-refractivity contribution in [1.29, 1.82) is 0 Å². The van der Waals surface area contributed by atoms with E-state index in [9.17, 15) is 19.2 Å². The fourth-order valence-corrected chi connectivity index (χ4v) is 4.14. The first-order valence-corrected chi connectivity index (χ1v) is 9.61. The number of nitrogens with zero attached hydrogens (tertiary/aromatic N) is 1. The van der Waals surface area contributed by atoms with Crippen LogP contribution in [0.2, 0.25) is 0 Å². The van der Waals surface area contributed by atoms with Gasteiger partial charge in [-0.05, 0) is 36.8 Å². The predicted octanol–water partition coefficient (Wildman–Crippen LogP) is 2.65. The minimum absolute atomic E-state index is 0.147. The van der Waals surface area contributed by atoms with Gasteiger partial charge in [0.25, 0.3) is 11.5 Å². The number of hydrogen-bond donors (Lipinski definition) is 3. The molecule has 0 aliphatic rings.